The second kappa shape index (κ2) is 6.34. The third kappa shape index (κ3) is 3.24. The van der Waals surface area contributed by atoms with Crippen molar-refractivity contribution in [2.24, 2.45) is 0 Å². The van der Waals surface area contributed by atoms with Crippen molar-refractivity contribution in [3.05, 3.63) is 52.7 Å². The Kier molecular flexibility index (Phi) is 4.53. The number of carbonyl (C=O) groups is 1. The molecule has 0 saturated heterocycles. The molecule has 2 rings (SSSR count). The highest BCUT2D eigenvalue weighted by atomic mass is 16.5. The molecular weight excluding hydrogens is 256 g/mol. The van der Waals surface area contributed by atoms with Gasteiger partial charge < -0.3 is 14.5 Å². The molecule has 0 atom stereocenters. The van der Waals surface area contributed by atoms with Crippen LogP contribution < -0.4 is 5.32 Å². The van der Waals surface area contributed by atoms with Gasteiger partial charge in [-0.25, -0.2) is 4.79 Å². The lowest BCUT2D eigenvalue weighted by Gasteiger charge is -2.05. The van der Waals surface area contributed by atoms with Crippen LogP contribution in [0.3, 0.4) is 0 Å². The van der Waals surface area contributed by atoms with Gasteiger partial charge >= 0.3 is 5.97 Å². The van der Waals surface area contributed by atoms with E-state index in [0.717, 1.165) is 17.9 Å². The van der Waals surface area contributed by atoms with E-state index in [1.807, 2.05) is 19.2 Å². The average molecular weight is 274 g/mol. The van der Waals surface area contributed by atoms with E-state index in [4.69, 9.17) is 9.15 Å². The topological polar surface area (TPSA) is 64.4 Å². The van der Waals surface area contributed by atoms with E-state index >= 15 is 0 Å². The van der Waals surface area contributed by atoms with E-state index in [-0.39, 0.29) is 5.97 Å². The molecular formula is C15H18N2O3. The predicted octanol–water partition coefficient (Wildman–Crippen LogP) is 2.37. The number of nitrogens with one attached hydrogen (secondary N) is 1. The molecule has 2 aromatic rings. The number of pyridine rings is 1. The largest absolute Gasteiger partial charge is 0.465 e. The van der Waals surface area contributed by atoms with Gasteiger partial charge in [-0.05, 0) is 37.1 Å². The number of nitrogens with zero attached hydrogens (tertiary/aromatic N) is 1. The summed E-state index contributed by atoms with van der Waals surface area (Å²) in [6.45, 7) is 5.06. The molecule has 0 unspecified atom stereocenters. The van der Waals surface area contributed by atoms with Crippen LogP contribution in [0.25, 0.3) is 0 Å². The van der Waals surface area contributed by atoms with Gasteiger partial charge in [0.2, 0.25) is 0 Å². The molecule has 0 fully saturated rings. The summed E-state index contributed by atoms with van der Waals surface area (Å²) < 4.78 is 10.2. The summed E-state index contributed by atoms with van der Waals surface area (Å²) in [7, 11) is 1.36. The van der Waals surface area contributed by atoms with Gasteiger partial charge in [0.25, 0.3) is 0 Å². The van der Waals surface area contributed by atoms with Crippen molar-refractivity contribution in [3.63, 3.8) is 0 Å². The molecule has 0 aliphatic rings. The second-order valence-corrected chi connectivity index (χ2v) is 4.58. The summed E-state index contributed by atoms with van der Waals surface area (Å²) >= 11 is 0. The number of hydrogen-bond donors (Lipinski definition) is 1. The maximum Gasteiger partial charge on any atom is 0.341 e. The van der Waals surface area contributed by atoms with E-state index in [2.05, 4.69) is 10.3 Å². The van der Waals surface area contributed by atoms with Crippen molar-refractivity contribution >= 4 is 5.97 Å². The Morgan fingerprint density at radius 3 is 2.90 bits per heavy atom. The Bertz CT molecular complexity index is 605. The highest BCUT2D eigenvalue weighted by Gasteiger charge is 2.14. The van der Waals surface area contributed by atoms with Crippen molar-refractivity contribution in [2.45, 2.75) is 26.9 Å². The van der Waals surface area contributed by atoms with Crippen LogP contribution in [-0.4, -0.2) is 18.1 Å². The van der Waals surface area contributed by atoms with Crippen LogP contribution >= 0.6 is 0 Å². The first kappa shape index (κ1) is 14.3. The van der Waals surface area contributed by atoms with E-state index in [1.54, 1.807) is 19.2 Å². The fourth-order valence-corrected chi connectivity index (χ4v) is 1.96. The molecule has 2 heterocycles. The Hall–Kier alpha value is -2.14. The zero-order valence-electron chi connectivity index (χ0n) is 11.9. The Morgan fingerprint density at radius 2 is 2.20 bits per heavy atom. The Balaban J connectivity index is 1.95. The molecule has 0 aliphatic carbocycles. The maximum atomic E-state index is 11.5. The number of rotatable bonds is 5. The number of aryl methyl sites for hydroxylation is 2. The zero-order valence-corrected chi connectivity index (χ0v) is 11.9. The van der Waals surface area contributed by atoms with E-state index in [9.17, 15) is 4.79 Å². The van der Waals surface area contributed by atoms with Crippen LogP contribution in [0.5, 0.6) is 0 Å². The molecule has 2 aromatic heterocycles. The van der Waals surface area contributed by atoms with Gasteiger partial charge in [0.1, 0.15) is 17.1 Å². The minimum absolute atomic E-state index is 0.373. The van der Waals surface area contributed by atoms with Crippen molar-refractivity contribution < 1.29 is 13.9 Å². The first-order chi connectivity index (χ1) is 9.61. The van der Waals surface area contributed by atoms with Crippen LogP contribution in [0.15, 0.2) is 28.9 Å². The third-order valence-electron chi connectivity index (χ3n) is 3.13. The lowest BCUT2D eigenvalue weighted by atomic mass is 10.1. The normalized spacial score (nSPS) is 10.6. The predicted molar refractivity (Wildman–Crippen MR) is 74.3 cm³/mol. The molecule has 0 bridgehead atoms. The van der Waals surface area contributed by atoms with Gasteiger partial charge in [0.05, 0.1) is 13.7 Å². The SMILES string of the molecule is COC(=O)c1cc(CNCc2ccncc2C)oc1C. The van der Waals surface area contributed by atoms with Crippen molar-refractivity contribution in [1.82, 2.24) is 10.3 Å². The number of hydrogen-bond acceptors (Lipinski definition) is 5. The molecule has 1 N–H and O–H groups in total. The van der Waals surface area contributed by atoms with Crippen LogP contribution in [-0.2, 0) is 17.8 Å². The van der Waals surface area contributed by atoms with E-state index in [1.165, 1.54) is 12.7 Å². The Morgan fingerprint density at radius 1 is 1.40 bits per heavy atom. The zero-order chi connectivity index (χ0) is 14.5. The van der Waals surface area contributed by atoms with E-state index in [0.29, 0.717) is 17.9 Å². The van der Waals surface area contributed by atoms with Gasteiger partial charge in [0.15, 0.2) is 0 Å². The van der Waals surface area contributed by atoms with Crippen LogP contribution in [0.4, 0.5) is 0 Å². The average Bonchev–Trinajstić information content (AvgIpc) is 2.81. The van der Waals surface area contributed by atoms with Gasteiger partial charge in [-0.2, -0.15) is 0 Å². The molecule has 0 aliphatic heterocycles. The quantitative estimate of drug-likeness (QED) is 0.848. The summed E-state index contributed by atoms with van der Waals surface area (Å²) in [5, 5.41) is 3.28. The molecule has 0 saturated carbocycles. The number of esters is 1. The van der Waals surface area contributed by atoms with Crippen molar-refractivity contribution in [1.29, 1.82) is 0 Å². The molecule has 106 valence electrons. The number of aromatic nitrogens is 1. The minimum atomic E-state index is -0.373. The molecule has 0 amide bonds. The lowest BCUT2D eigenvalue weighted by Crippen LogP contribution is -2.13. The van der Waals surface area contributed by atoms with Crippen LogP contribution in [0.1, 0.15) is 33.0 Å². The minimum Gasteiger partial charge on any atom is -0.465 e. The van der Waals surface area contributed by atoms with Gasteiger partial charge in [-0.15, -0.1) is 0 Å². The smallest absolute Gasteiger partial charge is 0.341 e. The summed E-state index contributed by atoms with van der Waals surface area (Å²) in [6, 6.07) is 3.70. The van der Waals surface area contributed by atoms with Crippen molar-refractivity contribution in [2.75, 3.05) is 7.11 Å². The number of furan rings is 1. The summed E-state index contributed by atoms with van der Waals surface area (Å²) in [5.74, 6) is 0.922. The lowest BCUT2D eigenvalue weighted by molar-refractivity contribution is 0.0599. The molecule has 0 spiro atoms. The summed E-state index contributed by atoms with van der Waals surface area (Å²) in [4.78, 5) is 15.5. The van der Waals surface area contributed by atoms with Crippen LogP contribution in [0.2, 0.25) is 0 Å². The molecule has 5 nitrogen and oxygen atoms in total. The van der Waals surface area contributed by atoms with Crippen molar-refractivity contribution in [3.8, 4) is 0 Å². The highest BCUT2D eigenvalue weighted by Crippen LogP contribution is 2.15. The third-order valence-corrected chi connectivity index (χ3v) is 3.13. The molecule has 20 heavy (non-hydrogen) atoms. The number of ether oxygens (including phenoxy) is 1. The standard InChI is InChI=1S/C15H18N2O3/c1-10-7-16-5-4-12(10)8-17-9-13-6-14(11(2)20-13)15(18)19-3/h4-7,17H,8-9H2,1-3H3. The summed E-state index contributed by atoms with van der Waals surface area (Å²) in [6.07, 6.45) is 3.61. The van der Waals surface area contributed by atoms with Gasteiger partial charge in [-0.3, -0.25) is 4.98 Å². The second-order valence-electron chi connectivity index (χ2n) is 4.58. The number of methoxy groups -OCH3 is 1. The van der Waals surface area contributed by atoms with Crippen LogP contribution in [0, 0.1) is 13.8 Å². The fraction of sp³-hybridized carbons (Fsp3) is 0.333. The monoisotopic (exact) mass is 274 g/mol. The number of carbonyl (C=O) groups excluding carboxylic acids is 1. The molecule has 0 radical (unpaired) electrons. The first-order valence-electron chi connectivity index (χ1n) is 6.39. The molecule has 5 heteroatoms. The Labute approximate surface area is 118 Å². The van der Waals surface area contributed by atoms with E-state index < -0.39 is 0 Å². The summed E-state index contributed by atoms with van der Waals surface area (Å²) in [5.41, 5.74) is 2.81. The highest BCUT2D eigenvalue weighted by molar-refractivity contribution is 5.90. The maximum absolute atomic E-state index is 11.5. The molecule has 0 aromatic carbocycles. The fourth-order valence-electron chi connectivity index (χ4n) is 1.96. The van der Waals surface area contributed by atoms with Gasteiger partial charge in [-0.1, -0.05) is 0 Å². The van der Waals surface area contributed by atoms with Gasteiger partial charge in [0, 0.05) is 18.9 Å². The first-order valence-corrected chi connectivity index (χ1v) is 6.39.